The van der Waals surface area contributed by atoms with Crippen molar-refractivity contribution in [3.63, 3.8) is 0 Å². The summed E-state index contributed by atoms with van der Waals surface area (Å²) < 4.78 is 4.72. The summed E-state index contributed by atoms with van der Waals surface area (Å²) in [6, 6.07) is 1.46. The number of halogens is 1. The maximum Gasteiger partial charge on any atom is 0.359 e. The quantitative estimate of drug-likeness (QED) is 0.735. The standard InChI is InChI=1S/C8H9ClN2O2/c1-2-13-8(12)7-6(10)3-5(9)4-11-7/h3-4H,2,10H2,1H3. The number of hydrogen-bond acceptors (Lipinski definition) is 4. The van der Waals surface area contributed by atoms with Crippen molar-refractivity contribution in [1.29, 1.82) is 0 Å². The molecule has 0 spiro atoms. The Balaban J connectivity index is 2.95. The molecule has 0 bridgehead atoms. The van der Waals surface area contributed by atoms with Gasteiger partial charge in [-0.05, 0) is 13.0 Å². The van der Waals surface area contributed by atoms with Gasteiger partial charge in [0.15, 0.2) is 5.69 Å². The van der Waals surface area contributed by atoms with Gasteiger partial charge in [0.2, 0.25) is 0 Å². The fraction of sp³-hybridized carbons (Fsp3) is 0.250. The zero-order valence-corrected chi connectivity index (χ0v) is 7.84. The van der Waals surface area contributed by atoms with Crippen molar-refractivity contribution >= 4 is 23.3 Å². The molecular formula is C8H9ClN2O2. The number of nitrogen functional groups attached to an aromatic ring is 1. The van der Waals surface area contributed by atoms with Crippen molar-refractivity contribution in [3.8, 4) is 0 Å². The number of nitrogens with two attached hydrogens (primary N) is 1. The second-order valence-corrected chi connectivity index (χ2v) is 2.75. The molecule has 0 aromatic carbocycles. The van der Waals surface area contributed by atoms with Gasteiger partial charge in [-0.3, -0.25) is 0 Å². The smallest absolute Gasteiger partial charge is 0.359 e. The van der Waals surface area contributed by atoms with Crippen molar-refractivity contribution in [2.75, 3.05) is 12.3 Å². The highest BCUT2D eigenvalue weighted by Gasteiger charge is 2.12. The Morgan fingerprint density at radius 2 is 2.46 bits per heavy atom. The lowest BCUT2D eigenvalue weighted by molar-refractivity contribution is 0.0521. The summed E-state index contributed by atoms with van der Waals surface area (Å²) in [5.41, 5.74) is 5.84. The van der Waals surface area contributed by atoms with Crippen LogP contribution in [0.3, 0.4) is 0 Å². The Labute approximate surface area is 80.7 Å². The third kappa shape index (κ3) is 2.32. The van der Waals surface area contributed by atoms with E-state index >= 15 is 0 Å². The molecule has 0 amide bonds. The second kappa shape index (κ2) is 4.09. The number of esters is 1. The van der Waals surface area contributed by atoms with E-state index in [4.69, 9.17) is 22.1 Å². The summed E-state index contributed by atoms with van der Waals surface area (Å²) in [5, 5.41) is 0.394. The number of carbonyl (C=O) groups is 1. The van der Waals surface area contributed by atoms with Gasteiger partial charge in [-0.1, -0.05) is 11.6 Å². The van der Waals surface area contributed by atoms with Crippen LogP contribution in [-0.4, -0.2) is 17.6 Å². The molecule has 0 aliphatic rings. The average Bonchev–Trinajstić information content (AvgIpc) is 2.04. The van der Waals surface area contributed by atoms with Gasteiger partial charge in [0, 0.05) is 6.20 Å². The van der Waals surface area contributed by atoms with Crippen LogP contribution in [0.25, 0.3) is 0 Å². The zero-order valence-electron chi connectivity index (χ0n) is 7.08. The maximum atomic E-state index is 11.2. The van der Waals surface area contributed by atoms with E-state index in [0.717, 1.165) is 0 Å². The number of hydrogen-bond donors (Lipinski definition) is 1. The van der Waals surface area contributed by atoms with E-state index in [-0.39, 0.29) is 11.4 Å². The van der Waals surface area contributed by atoms with Gasteiger partial charge in [-0.15, -0.1) is 0 Å². The number of rotatable bonds is 2. The molecule has 1 aromatic heterocycles. The molecular weight excluding hydrogens is 192 g/mol. The lowest BCUT2D eigenvalue weighted by atomic mass is 10.3. The highest BCUT2D eigenvalue weighted by atomic mass is 35.5. The Kier molecular flexibility index (Phi) is 3.08. The highest BCUT2D eigenvalue weighted by Crippen LogP contribution is 2.15. The molecule has 0 fully saturated rings. The molecule has 13 heavy (non-hydrogen) atoms. The van der Waals surface area contributed by atoms with Crippen molar-refractivity contribution < 1.29 is 9.53 Å². The maximum absolute atomic E-state index is 11.2. The number of aromatic nitrogens is 1. The SMILES string of the molecule is CCOC(=O)c1ncc(Cl)cc1N. The van der Waals surface area contributed by atoms with Gasteiger partial charge in [0.25, 0.3) is 0 Å². The third-order valence-electron chi connectivity index (χ3n) is 1.35. The minimum atomic E-state index is -0.531. The molecule has 0 aliphatic heterocycles. The summed E-state index contributed by atoms with van der Waals surface area (Å²) in [7, 11) is 0. The predicted molar refractivity (Wildman–Crippen MR) is 49.6 cm³/mol. The minimum absolute atomic E-state index is 0.103. The molecule has 4 nitrogen and oxygen atoms in total. The van der Waals surface area contributed by atoms with Crippen molar-refractivity contribution in [2.45, 2.75) is 6.92 Å². The van der Waals surface area contributed by atoms with Gasteiger partial charge in [0.1, 0.15) is 0 Å². The largest absolute Gasteiger partial charge is 0.461 e. The second-order valence-electron chi connectivity index (χ2n) is 2.31. The molecule has 0 unspecified atom stereocenters. The predicted octanol–water partition coefficient (Wildman–Crippen LogP) is 1.49. The van der Waals surface area contributed by atoms with Gasteiger partial charge >= 0.3 is 5.97 Å². The molecule has 1 rings (SSSR count). The normalized spacial score (nSPS) is 9.69. The van der Waals surface area contributed by atoms with Gasteiger partial charge < -0.3 is 10.5 Å². The number of nitrogens with zero attached hydrogens (tertiary/aromatic N) is 1. The van der Waals surface area contributed by atoms with Crippen LogP contribution in [0, 0.1) is 0 Å². The van der Waals surface area contributed by atoms with Crippen LogP contribution in [0.4, 0.5) is 5.69 Å². The van der Waals surface area contributed by atoms with E-state index < -0.39 is 5.97 Å². The average molecular weight is 201 g/mol. The van der Waals surface area contributed by atoms with E-state index in [1.54, 1.807) is 6.92 Å². The number of carbonyl (C=O) groups excluding carboxylic acids is 1. The topological polar surface area (TPSA) is 65.2 Å². The van der Waals surface area contributed by atoms with E-state index in [1.807, 2.05) is 0 Å². The third-order valence-corrected chi connectivity index (χ3v) is 1.56. The summed E-state index contributed by atoms with van der Waals surface area (Å²) in [4.78, 5) is 14.9. The summed E-state index contributed by atoms with van der Waals surface area (Å²) in [6.45, 7) is 2.01. The highest BCUT2D eigenvalue weighted by molar-refractivity contribution is 6.30. The fourth-order valence-corrected chi connectivity index (χ4v) is 0.991. The first-order chi connectivity index (χ1) is 6.15. The number of ether oxygens (including phenoxy) is 1. The lowest BCUT2D eigenvalue weighted by Gasteiger charge is -2.03. The van der Waals surface area contributed by atoms with E-state index in [9.17, 15) is 4.79 Å². The van der Waals surface area contributed by atoms with Crippen molar-refractivity contribution in [1.82, 2.24) is 4.98 Å². The summed E-state index contributed by atoms with van der Waals surface area (Å²) in [5.74, 6) is -0.531. The number of anilines is 1. The van der Waals surface area contributed by atoms with Gasteiger partial charge in [-0.25, -0.2) is 9.78 Å². The van der Waals surface area contributed by atoms with Crippen LogP contribution in [0.5, 0.6) is 0 Å². The van der Waals surface area contributed by atoms with Crippen LogP contribution in [0.1, 0.15) is 17.4 Å². The summed E-state index contributed by atoms with van der Waals surface area (Å²) in [6.07, 6.45) is 1.35. The van der Waals surface area contributed by atoms with Gasteiger partial charge in [-0.2, -0.15) is 0 Å². The van der Waals surface area contributed by atoms with Crippen LogP contribution in [-0.2, 0) is 4.74 Å². The Hall–Kier alpha value is -1.29. The van der Waals surface area contributed by atoms with Crippen LogP contribution in [0.15, 0.2) is 12.3 Å². The van der Waals surface area contributed by atoms with E-state index in [2.05, 4.69) is 4.98 Å². The Morgan fingerprint density at radius 1 is 1.77 bits per heavy atom. The minimum Gasteiger partial charge on any atom is -0.461 e. The van der Waals surface area contributed by atoms with Crippen LogP contribution >= 0.6 is 11.6 Å². The zero-order chi connectivity index (χ0) is 9.84. The van der Waals surface area contributed by atoms with Crippen LogP contribution in [0.2, 0.25) is 5.02 Å². The molecule has 1 heterocycles. The number of pyridine rings is 1. The molecule has 0 aliphatic carbocycles. The van der Waals surface area contributed by atoms with Gasteiger partial charge in [0.05, 0.1) is 17.3 Å². The molecule has 1 aromatic rings. The molecule has 5 heteroatoms. The Bertz CT molecular complexity index is 328. The first-order valence-electron chi connectivity index (χ1n) is 3.73. The molecule has 0 atom stereocenters. The molecule has 0 saturated carbocycles. The molecule has 2 N–H and O–H groups in total. The van der Waals surface area contributed by atoms with E-state index in [1.165, 1.54) is 12.3 Å². The first-order valence-corrected chi connectivity index (χ1v) is 4.11. The lowest BCUT2D eigenvalue weighted by Crippen LogP contribution is -2.10. The molecule has 70 valence electrons. The van der Waals surface area contributed by atoms with E-state index in [0.29, 0.717) is 11.6 Å². The molecule has 0 radical (unpaired) electrons. The van der Waals surface area contributed by atoms with Crippen molar-refractivity contribution in [3.05, 3.63) is 23.0 Å². The molecule has 0 saturated heterocycles. The fourth-order valence-electron chi connectivity index (χ4n) is 0.825. The monoisotopic (exact) mass is 200 g/mol. The summed E-state index contributed by atoms with van der Waals surface area (Å²) >= 11 is 5.60. The first kappa shape index (κ1) is 9.80. The van der Waals surface area contributed by atoms with Crippen LogP contribution < -0.4 is 5.73 Å². The van der Waals surface area contributed by atoms with Crippen molar-refractivity contribution in [2.24, 2.45) is 0 Å². The Morgan fingerprint density at radius 3 is 3.00 bits per heavy atom.